The van der Waals surface area contributed by atoms with E-state index < -0.39 is 12.1 Å². The minimum Gasteiger partial charge on any atom is -0.306 e. The molecule has 4 heteroatoms. The highest BCUT2D eigenvalue weighted by Gasteiger charge is 2.66. The standard InChI is InChI=1S/C7H10F3N/c1-11-2-4-5(3-11)6(4)7(8,9)10/h4-6H,2-3H2,1H3. The van der Waals surface area contributed by atoms with Crippen LogP contribution >= 0.6 is 0 Å². The first kappa shape index (κ1) is 7.40. The molecule has 0 bridgehead atoms. The Kier molecular flexibility index (Phi) is 1.29. The molecule has 0 radical (unpaired) electrons. The zero-order chi connectivity index (χ0) is 8.22. The van der Waals surface area contributed by atoms with Gasteiger partial charge >= 0.3 is 6.18 Å². The molecule has 0 N–H and O–H groups in total. The van der Waals surface area contributed by atoms with Gasteiger partial charge in [0.05, 0.1) is 5.92 Å². The fourth-order valence-corrected chi connectivity index (χ4v) is 2.22. The first-order valence-corrected chi connectivity index (χ1v) is 3.75. The second-order valence-corrected chi connectivity index (χ2v) is 3.62. The lowest BCUT2D eigenvalue weighted by Gasteiger charge is -2.14. The summed E-state index contributed by atoms with van der Waals surface area (Å²) >= 11 is 0. The van der Waals surface area contributed by atoms with Crippen LogP contribution in [0.5, 0.6) is 0 Å². The lowest BCUT2D eigenvalue weighted by atomic mass is 10.2. The molecule has 1 heterocycles. The Morgan fingerprint density at radius 2 is 1.64 bits per heavy atom. The highest BCUT2D eigenvalue weighted by Crippen LogP contribution is 2.58. The van der Waals surface area contributed by atoms with Gasteiger partial charge in [-0.15, -0.1) is 0 Å². The van der Waals surface area contributed by atoms with E-state index in [1.165, 1.54) is 0 Å². The average Bonchev–Trinajstić information content (AvgIpc) is 2.31. The van der Waals surface area contributed by atoms with Crippen molar-refractivity contribution in [2.75, 3.05) is 20.1 Å². The van der Waals surface area contributed by atoms with Gasteiger partial charge < -0.3 is 4.90 Å². The van der Waals surface area contributed by atoms with Gasteiger partial charge in [-0.1, -0.05) is 0 Å². The highest BCUT2D eigenvalue weighted by atomic mass is 19.4. The van der Waals surface area contributed by atoms with Crippen molar-refractivity contribution in [3.63, 3.8) is 0 Å². The van der Waals surface area contributed by atoms with E-state index in [1.54, 1.807) is 0 Å². The first-order chi connectivity index (χ1) is 5.00. The minimum absolute atomic E-state index is 0.0833. The number of piperidine rings is 1. The van der Waals surface area contributed by atoms with Gasteiger partial charge in [-0.2, -0.15) is 13.2 Å². The van der Waals surface area contributed by atoms with Gasteiger partial charge in [0, 0.05) is 13.1 Å². The molecule has 1 saturated heterocycles. The second kappa shape index (κ2) is 1.91. The lowest BCUT2D eigenvalue weighted by Crippen LogP contribution is -2.25. The Labute approximate surface area is 63.2 Å². The summed E-state index contributed by atoms with van der Waals surface area (Å²) in [6, 6.07) is 0. The number of fused-ring (bicyclic) bond motifs is 1. The molecule has 2 rings (SSSR count). The van der Waals surface area contributed by atoms with Crippen LogP contribution in [0.2, 0.25) is 0 Å². The van der Waals surface area contributed by atoms with E-state index in [1.807, 2.05) is 11.9 Å². The van der Waals surface area contributed by atoms with Gasteiger partial charge in [0.15, 0.2) is 0 Å². The number of nitrogens with zero attached hydrogens (tertiary/aromatic N) is 1. The summed E-state index contributed by atoms with van der Waals surface area (Å²) in [7, 11) is 1.87. The van der Waals surface area contributed by atoms with Gasteiger partial charge in [0.2, 0.25) is 0 Å². The maximum Gasteiger partial charge on any atom is 0.392 e. The molecule has 64 valence electrons. The maximum absolute atomic E-state index is 12.1. The van der Waals surface area contributed by atoms with E-state index in [0.29, 0.717) is 13.1 Å². The SMILES string of the molecule is CN1CC2C(C1)C2C(F)(F)F. The summed E-state index contributed by atoms with van der Waals surface area (Å²) in [6.45, 7) is 1.27. The summed E-state index contributed by atoms with van der Waals surface area (Å²) in [5, 5.41) is 0. The Hall–Kier alpha value is -0.250. The molecular formula is C7H10F3N. The monoisotopic (exact) mass is 165 g/mol. The molecule has 2 unspecified atom stereocenters. The number of hydrogen-bond donors (Lipinski definition) is 0. The molecule has 1 aliphatic carbocycles. The van der Waals surface area contributed by atoms with Crippen molar-refractivity contribution < 1.29 is 13.2 Å². The van der Waals surface area contributed by atoms with Gasteiger partial charge in [0.25, 0.3) is 0 Å². The van der Waals surface area contributed by atoms with Crippen molar-refractivity contribution >= 4 is 0 Å². The Morgan fingerprint density at radius 3 is 2.00 bits per heavy atom. The minimum atomic E-state index is -3.93. The zero-order valence-corrected chi connectivity index (χ0v) is 6.23. The zero-order valence-electron chi connectivity index (χ0n) is 6.23. The highest BCUT2D eigenvalue weighted by molar-refractivity contribution is 5.07. The van der Waals surface area contributed by atoms with Gasteiger partial charge in [0.1, 0.15) is 0 Å². The number of halogens is 3. The Morgan fingerprint density at radius 1 is 1.18 bits per heavy atom. The normalized spacial score (nSPS) is 44.2. The Bertz CT molecular complexity index is 165. The third-order valence-electron chi connectivity index (χ3n) is 2.75. The predicted molar refractivity (Wildman–Crippen MR) is 34.0 cm³/mol. The molecule has 1 nitrogen and oxygen atoms in total. The summed E-state index contributed by atoms with van der Waals surface area (Å²) in [5.41, 5.74) is 0. The van der Waals surface area contributed by atoms with Crippen LogP contribution in [0.3, 0.4) is 0 Å². The molecule has 0 aromatic rings. The molecule has 1 saturated carbocycles. The molecule has 2 aliphatic rings. The first-order valence-electron chi connectivity index (χ1n) is 3.75. The van der Waals surface area contributed by atoms with Crippen molar-refractivity contribution in [1.29, 1.82) is 0 Å². The van der Waals surface area contributed by atoms with Crippen LogP contribution in [0.25, 0.3) is 0 Å². The molecule has 2 fully saturated rings. The fraction of sp³-hybridized carbons (Fsp3) is 1.00. The van der Waals surface area contributed by atoms with Crippen molar-refractivity contribution in [3.05, 3.63) is 0 Å². The van der Waals surface area contributed by atoms with E-state index in [0.717, 1.165) is 0 Å². The molecule has 0 spiro atoms. The largest absolute Gasteiger partial charge is 0.392 e. The number of likely N-dealkylation sites (tertiary alicyclic amines) is 1. The Balaban J connectivity index is 1.98. The van der Waals surface area contributed by atoms with E-state index in [2.05, 4.69) is 0 Å². The second-order valence-electron chi connectivity index (χ2n) is 3.62. The smallest absolute Gasteiger partial charge is 0.306 e. The van der Waals surface area contributed by atoms with Gasteiger partial charge in [-0.05, 0) is 18.9 Å². The van der Waals surface area contributed by atoms with E-state index in [4.69, 9.17) is 0 Å². The maximum atomic E-state index is 12.1. The average molecular weight is 165 g/mol. The summed E-state index contributed by atoms with van der Waals surface area (Å²) < 4.78 is 36.2. The van der Waals surface area contributed by atoms with Crippen molar-refractivity contribution in [2.45, 2.75) is 6.18 Å². The quantitative estimate of drug-likeness (QED) is 0.523. The van der Waals surface area contributed by atoms with E-state index in [-0.39, 0.29) is 11.8 Å². The molecule has 0 aromatic heterocycles. The molecule has 11 heavy (non-hydrogen) atoms. The lowest BCUT2D eigenvalue weighted by molar-refractivity contribution is -0.156. The predicted octanol–water partition coefficient (Wildman–Crippen LogP) is 1.36. The van der Waals surface area contributed by atoms with Crippen LogP contribution in [0, 0.1) is 17.8 Å². The van der Waals surface area contributed by atoms with Crippen molar-refractivity contribution in [3.8, 4) is 0 Å². The van der Waals surface area contributed by atoms with Crippen LogP contribution in [0.4, 0.5) is 13.2 Å². The number of rotatable bonds is 0. The van der Waals surface area contributed by atoms with Crippen LogP contribution in [0.15, 0.2) is 0 Å². The molecule has 0 amide bonds. The van der Waals surface area contributed by atoms with E-state index in [9.17, 15) is 13.2 Å². The van der Waals surface area contributed by atoms with Gasteiger partial charge in [-0.3, -0.25) is 0 Å². The number of hydrogen-bond acceptors (Lipinski definition) is 1. The third-order valence-corrected chi connectivity index (χ3v) is 2.75. The van der Waals surface area contributed by atoms with Crippen LogP contribution in [0.1, 0.15) is 0 Å². The summed E-state index contributed by atoms with van der Waals surface area (Å²) in [4.78, 5) is 1.97. The van der Waals surface area contributed by atoms with Crippen molar-refractivity contribution in [1.82, 2.24) is 4.90 Å². The van der Waals surface area contributed by atoms with E-state index >= 15 is 0 Å². The molecule has 0 aromatic carbocycles. The van der Waals surface area contributed by atoms with Crippen LogP contribution in [-0.4, -0.2) is 31.2 Å². The topological polar surface area (TPSA) is 3.24 Å². The van der Waals surface area contributed by atoms with Gasteiger partial charge in [-0.25, -0.2) is 0 Å². The van der Waals surface area contributed by atoms with Crippen LogP contribution in [-0.2, 0) is 0 Å². The van der Waals surface area contributed by atoms with Crippen LogP contribution < -0.4 is 0 Å². The van der Waals surface area contributed by atoms with Crippen molar-refractivity contribution in [2.24, 2.45) is 17.8 Å². The third kappa shape index (κ3) is 1.04. The summed E-state index contributed by atoms with van der Waals surface area (Å²) in [5.74, 6) is -1.14. The molecule has 1 aliphatic heterocycles. The molecular weight excluding hydrogens is 155 g/mol. The molecule has 2 atom stereocenters. The summed E-state index contributed by atoms with van der Waals surface area (Å²) in [6.07, 6.45) is -3.93. The fourth-order valence-electron chi connectivity index (χ4n) is 2.22. The number of alkyl halides is 3.